The highest BCUT2D eigenvalue weighted by Crippen LogP contribution is 2.46. The predicted octanol–water partition coefficient (Wildman–Crippen LogP) is 2.35. The summed E-state index contributed by atoms with van der Waals surface area (Å²) in [6.07, 6.45) is 4.91. The molecule has 2 amide bonds. The van der Waals surface area contributed by atoms with E-state index in [-0.39, 0.29) is 17.0 Å². The maximum atomic E-state index is 13.8. The van der Waals surface area contributed by atoms with Crippen molar-refractivity contribution in [1.82, 2.24) is 5.01 Å². The van der Waals surface area contributed by atoms with Crippen molar-refractivity contribution in [2.45, 2.75) is 19.0 Å². The number of esters is 1. The Balaban J connectivity index is 1.52. The van der Waals surface area contributed by atoms with Gasteiger partial charge in [-0.15, -0.1) is 0 Å². The van der Waals surface area contributed by atoms with Crippen LogP contribution in [0.15, 0.2) is 65.8 Å². The Hall–Kier alpha value is -4.14. The summed E-state index contributed by atoms with van der Waals surface area (Å²) in [6.45, 7) is 1.27. The van der Waals surface area contributed by atoms with Crippen LogP contribution in [0, 0.1) is 17.7 Å². The van der Waals surface area contributed by atoms with Crippen LogP contribution < -0.4 is 9.64 Å². The van der Waals surface area contributed by atoms with Gasteiger partial charge in [-0.3, -0.25) is 24.2 Å². The molecule has 33 heavy (non-hydrogen) atoms. The van der Waals surface area contributed by atoms with Crippen molar-refractivity contribution in [3.05, 3.63) is 72.1 Å². The normalized spacial score (nSPS) is 25.3. The van der Waals surface area contributed by atoms with Crippen LogP contribution >= 0.6 is 0 Å². The van der Waals surface area contributed by atoms with Crippen molar-refractivity contribution < 1.29 is 28.3 Å². The maximum absolute atomic E-state index is 13.8. The first-order valence-electron chi connectivity index (χ1n) is 10.3. The molecular formula is C24H18FN3O5. The second-order valence-electron chi connectivity index (χ2n) is 7.99. The molecule has 4 atom stereocenters. The molecule has 0 bridgehead atoms. The molecule has 0 unspecified atom stereocenters. The molecule has 0 aromatic heterocycles. The summed E-state index contributed by atoms with van der Waals surface area (Å²) >= 11 is 0. The number of hydrogen-bond donors (Lipinski definition) is 0. The number of carbonyl (C=O) groups is 4. The molecule has 2 aromatic carbocycles. The second-order valence-corrected chi connectivity index (χ2v) is 7.99. The van der Waals surface area contributed by atoms with E-state index >= 15 is 0 Å². The molecule has 2 aromatic rings. The molecule has 3 aliphatic heterocycles. The van der Waals surface area contributed by atoms with Gasteiger partial charge in [0.1, 0.15) is 17.6 Å². The Morgan fingerprint density at radius 1 is 1.03 bits per heavy atom. The number of fused-ring (bicyclic) bond motifs is 3. The third kappa shape index (κ3) is 3.32. The molecular weight excluding hydrogens is 429 g/mol. The fraction of sp³-hybridized carbons (Fsp3) is 0.208. The number of allylic oxidation sites excluding steroid dienone is 1. The van der Waals surface area contributed by atoms with Crippen LogP contribution in [0.1, 0.15) is 17.3 Å². The van der Waals surface area contributed by atoms with Crippen molar-refractivity contribution in [2.75, 3.05) is 4.90 Å². The van der Waals surface area contributed by atoms with Gasteiger partial charge in [-0.2, -0.15) is 5.10 Å². The van der Waals surface area contributed by atoms with Crippen LogP contribution in [0.5, 0.6) is 5.75 Å². The maximum Gasteiger partial charge on any atom is 0.308 e. The Morgan fingerprint density at radius 2 is 1.76 bits per heavy atom. The zero-order chi connectivity index (χ0) is 23.3. The topological polar surface area (TPSA) is 96.3 Å². The molecule has 166 valence electrons. The summed E-state index contributed by atoms with van der Waals surface area (Å²) < 4.78 is 18.8. The third-order valence-electron chi connectivity index (χ3n) is 6.03. The molecule has 0 saturated carbocycles. The first kappa shape index (κ1) is 20.7. The standard InChI is InChI=1S/C24H18FN3O5/c1-13(29)33-17-9-7-14(8-10-17)22(30)21-20-19(18-6-3-11-26-28(18)21)23(31)27(24(20)32)16-5-2-4-15(25)12-16/h2-12,18-21H,1H3/t18-,19-,20-,21+/m0/s1. The van der Waals surface area contributed by atoms with Gasteiger partial charge < -0.3 is 4.74 Å². The van der Waals surface area contributed by atoms with Crippen LogP contribution in [0.25, 0.3) is 0 Å². The van der Waals surface area contributed by atoms with Crippen molar-refractivity contribution >= 4 is 35.5 Å². The lowest BCUT2D eigenvalue weighted by molar-refractivity contribution is -0.132. The van der Waals surface area contributed by atoms with Crippen LogP contribution in [-0.4, -0.2) is 46.9 Å². The number of benzene rings is 2. The summed E-state index contributed by atoms with van der Waals surface area (Å²) in [5.41, 5.74) is 0.413. The summed E-state index contributed by atoms with van der Waals surface area (Å²) in [5, 5.41) is 5.78. The molecule has 5 rings (SSSR count). The summed E-state index contributed by atoms with van der Waals surface area (Å²) in [6, 6.07) is 9.61. The average Bonchev–Trinajstić information content (AvgIpc) is 3.26. The SMILES string of the molecule is CC(=O)Oc1ccc(C(=O)[C@H]2[C@H]3C(=O)N(c4cccc(F)c4)C(=O)[C@H]3[C@@H]3C=CC=NN32)cc1. The zero-order valence-electron chi connectivity index (χ0n) is 17.4. The number of carbonyl (C=O) groups excluding carboxylic acids is 4. The van der Waals surface area contributed by atoms with Gasteiger partial charge in [-0.25, -0.2) is 9.29 Å². The van der Waals surface area contributed by atoms with Gasteiger partial charge in [0.05, 0.1) is 23.6 Å². The molecule has 9 heteroatoms. The molecule has 8 nitrogen and oxygen atoms in total. The molecule has 0 N–H and O–H groups in total. The Bertz CT molecular complexity index is 1240. The monoisotopic (exact) mass is 447 g/mol. The van der Waals surface area contributed by atoms with Crippen LogP contribution in [0.4, 0.5) is 10.1 Å². The van der Waals surface area contributed by atoms with Crippen LogP contribution in [0.3, 0.4) is 0 Å². The number of hydrazone groups is 1. The second kappa shape index (κ2) is 7.77. The molecule has 0 aliphatic carbocycles. The minimum absolute atomic E-state index is 0.131. The molecule has 2 fully saturated rings. The summed E-state index contributed by atoms with van der Waals surface area (Å²) in [7, 11) is 0. The fourth-order valence-electron chi connectivity index (χ4n) is 4.73. The van der Waals surface area contributed by atoms with Crippen molar-refractivity contribution in [3.8, 4) is 5.75 Å². The number of rotatable bonds is 4. The minimum Gasteiger partial charge on any atom is -0.427 e. The highest BCUT2D eigenvalue weighted by atomic mass is 19.1. The van der Waals surface area contributed by atoms with Gasteiger partial charge in [0.25, 0.3) is 0 Å². The van der Waals surface area contributed by atoms with Gasteiger partial charge in [0.15, 0.2) is 5.78 Å². The lowest BCUT2D eigenvalue weighted by Crippen LogP contribution is -2.46. The van der Waals surface area contributed by atoms with Gasteiger partial charge in [0.2, 0.25) is 11.8 Å². The van der Waals surface area contributed by atoms with E-state index in [2.05, 4.69) is 5.10 Å². The highest BCUT2D eigenvalue weighted by molar-refractivity contribution is 6.24. The summed E-state index contributed by atoms with van der Waals surface area (Å²) in [4.78, 5) is 52.4. The number of anilines is 1. The van der Waals surface area contributed by atoms with E-state index < -0.39 is 53.3 Å². The number of hydrogen-bond acceptors (Lipinski definition) is 7. The van der Waals surface area contributed by atoms with Crippen LogP contribution in [-0.2, 0) is 14.4 Å². The van der Waals surface area contributed by atoms with Gasteiger partial charge in [-0.1, -0.05) is 12.1 Å². The number of ether oxygens (including phenoxy) is 1. The van der Waals surface area contributed by atoms with E-state index in [1.54, 1.807) is 12.2 Å². The summed E-state index contributed by atoms with van der Waals surface area (Å²) in [5.74, 6) is -4.04. The lowest BCUT2D eigenvalue weighted by Gasteiger charge is -2.30. The highest BCUT2D eigenvalue weighted by Gasteiger charge is 2.64. The van der Waals surface area contributed by atoms with Gasteiger partial charge >= 0.3 is 5.97 Å². The first-order chi connectivity index (χ1) is 15.9. The fourth-order valence-corrected chi connectivity index (χ4v) is 4.73. The zero-order valence-corrected chi connectivity index (χ0v) is 17.4. The molecule has 2 saturated heterocycles. The number of Topliss-reactive ketones (excluding diaryl/α,β-unsaturated/α-hetero) is 1. The average molecular weight is 447 g/mol. The molecule has 3 aliphatic rings. The number of nitrogens with zero attached hydrogens (tertiary/aromatic N) is 3. The van der Waals surface area contributed by atoms with Crippen molar-refractivity contribution in [2.24, 2.45) is 16.9 Å². The number of imide groups is 1. The largest absolute Gasteiger partial charge is 0.427 e. The third-order valence-corrected chi connectivity index (χ3v) is 6.03. The smallest absolute Gasteiger partial charge is 0.308 e. The number of ketones is 1. The van der Waals surface area contributed by atoms with E-state index in [9.17, 15) is 23.6 Å². The quantitative estimate of drug-likeness (QED) is 0.309. The first-order valence-corrected chi connectivity index (χ1v) is 10.3. The van der Waals surface area contributed by atoms with E-state index in [0.29, 0.717) is 0 Å². The van der Waals surface area contributed by atoms with Crippen molar-refractivity contribution in [3.63, 3.8) is 0 Å². The van der Waals surface area contributed by atoms with Crippen molar-refractivity contribution in [1.29, 1.82) is 0 Å². The Morgan fingerprint density at radius 3 is 2.45 bits per heavy atom. The van der Waals surface area contributed by atoms with Gasteiger partial charge in [-0.05, 0) is 48.5 Å². The molecule has 0 radical (unpaired) electrons. The van der Waals surface area contributed by atoms with E-state index in [0.717, 1.165) is 11.0 Å². The van der Waals surface area contributed by atoms with E-state index in [4.69, 9.17) is 4.74 Å². The Kier molecular flexibility index (Phi) is 4.88. The van der Waals surface area contributed by atoms with Gasteiger partial charge in [0, 0.05) is 18.7 Å². The lowest BCUT2D eigenvalue weighted by atomic mass is 9.86. The van der Waals surface area contributed by atoms with E-state index in [1.807, 2.05) is 0 Å². The predicted molar refractivity (Wildman–Crippen MR) is 115 cm³/mol. The van der Waals surface area contributed by atoms with Crippen LogP contribution in [0.2, 0.25) is 0 Å². The minimum atomic E-state index is -1.02. The molecule has 3 heterocycles. The molecule has 0 spiro atoms. The number of amides is 2. The van der Waals surface area contributed by atoms with E-state index in [1.165, 1.54) is 60.6 Å². The number of halogens is 1. The Labute approximate surface area is 187 Å².